The van der Waals surface area contributed by atoms with Gasteiger partial charge >= 0.3 is 0 Å². The van der Waals surface area contributed by atoms with Crippen LogP contribution in [0.25, 0.3) is 0 Å². The largest absolute Gasteiger partial charge is 0.497 e. The van der Waals surface area contributed by atoms with E-state index in [0.717, 1.165) is 23.3 Å². The molecule has 0 spiro atoms. The van der Waals surface area contributed by atoms with Crippen LogP contribution in [0.4, 0.5) is 0 Å². The molecule has 3 nitrogen and oxygen atoms in total. The van der Waals surface area contributed by atoms with E-state index in [4.69, 9.17) is 10.00 Å². The van der Waals surface area contributed by atoms with Gasteiger partial charge in [-0.2, -0.15) is 5.26 Å². The van der Waals surface area contributed by atoms with Crippen LogP contribution in [-0.4, -0.2) is 12.2 Å². The Labute approximate surface area is 108 Å². The molecule has 3 heteroatoms. The minimum absolute atomic E-state index is 0.193. The highest BCUT2D eigenvalue weighted by molar-refractivity contribution is 5.40. The van der Waals surface area contributed by atoms with Gasteiger partial charge in [0.2, 0.25) is 0 Å². The number of fused-ring (bicyclic) bond motifs is 1. The van der Waals surface area contributed by atoms with E-state index in [2.05, 4.69) is 6.07 Å². The monoisotopic (exact) mass is 245 g/mol. The van der Waals surface area contributed by atoms with E-state index in [-0.39, 0.29) is 11.3 Å². The van der Waals surface area contributed by atoms with Crippen LogP contribution in [0.15, 0.2) is 18.2 Å². The fourth-order valence-corrected chi connectivity index (χ4v) is 2.74. The smallest absolute Gasteiger partial charge is 0.119 e. The van der Waals surface area contributed by atoms with Crippen LogP contribution in [0, 0.1) is 22.7 Å². The lowest BCUT2D eigenvalue weighted by Gasteiger charge is -2.43. The second-order valence-corrected chi connectivity index (χ2v) is 5.55. The Morgan fingerprint density at radius 3 is 2.83 bits per heavy atom. The number of aliphatic hydroxyl groups excluding tert-OH is 1. The van der Waals surface area contributed by atoms with Gasteiger partial charge in [-0.1, -0.05) is 19.9 Å². The van der Waals surface area contributed by atoms with Gasteiger partial charge < -0.3 is 9.84 Å². The van der Waals surface area contributed by atoms with E-state index in [1.54, 1.807) is 7.11 Å². The molecule has 0 radical (unpaired) electrons. The average molecular weight is 245 g/mol. The summed E-state index contributed by atoms with van der Waals surface area (Å²) in [4.78, 5) is 0. The van der Waals surface area contributed by atoms with E-state index in [0.29, 0.717) is 6.42 Å². The molecule has 0 fully saturated rings. The van der Waals surface area contributed by atoms with Crippen molar-refractivity contribution in [3.8, 4) is 11.8 Å². The van der Waals surface area contributed by atoms with Crippen LogP contribution < -0.4 is 4.74 Å². The second-order valence-electron chi connectivity index (χ2n) is 5.55. The number of nitriles is 1. The molecule has 2 atom stereocenters. The molecule has 0 amide bonds. The number of ether oxygens (including phenoxy) is 1. The molecule has 1 aromatic rings. The number of nitrogens with zero attached hydrogens (tertiary/aromatic N) is 1. The summed E-state index contributed by atoms with van der Waals surface area (Å²) in [5, 5.41) is 19.5. The lowest BCUT2D eigenvalue weighted by atomic mass is 9.64. The Morgan fingerprint density at radius 2 is 2.22 bits per heavy atom. The average Bonchev–Trinajstić information content (AvgIpc) is 2.36. The van der Waals surface area contributed by atoms with E-state index < -0.39 is 6.10 Å². The quantitative estimate of drug-likeness (QED) is 0.871. The first-order chi connectivity index (χ1) is 8.50. The van der Waals surface area contributed by atoms with Crippen molar-refractivity contribution in [2.75, 3.05) is 7.11 Å². The summed E-state index contributed by atoms with van der Waals surface area (Å²) in [6.45, 7) is 4.06. The molecule has 1 aromatic carbocycles. The fourth-order valence-electron chi connectivity index (χ4n) is 2.74. The molecule has 18 heavy (non-hydrogen) atoms. The van der Waals surface area contributed by atoms with Crippen molar-refractivity contribution < 1.29 is 9.84 Å². The molecule has 1 aliphatic carbocycles. The molecule has 0 aromatic heterocycles. The molecule has 1 N–H and O–H groups in total. The number of aliphatic hydroxyl groups is 1. The molecule has 2 rings (SSSR count). The van der Waals surface area contributed by atoms with Crippen molar-refractivity contribution in [3.63, 3.8) is 0 Å². The molecule has 2 unspecified atom stereocenters. The highest BCUT2D eigenvalue weighted by Crippen LogP contribution is 2.48. The molecular weight excluding hydrogens is 226 g/mol. The summed E-state index contributed by atoms with van der Waals surface area (Å²) >= 11 is 0. The van der Waals surface area contributed by atoms with Crippen molar-refractivity contribution in [1.82, 2.24) is 0 Å². The highest BCUT2D eigenvalue weighted by Gasteiger charge is 2.42. The molecule has 0 aliphatic heterocycles. The van der Waals surface area contributed by atoms with Gasteiger partial charge in [0.25, 0.3) is 0 Å². The lowest BCUT2D eigenvalue weighted by molar-refractivity contribution is -0.00590. The first-order valence-corrected chi connectivity index (χ1v) is 6.22. The lowest BCUT2D eigenvalue weighted by Crippen LogP contribution is -2.37. The van der Waals surface area contributed by atoms with Crippen molar-refractivity contribution in [2.45, 2.75) is 32.8 Å². The van der Waals surface area contributed by atoms with Gasteiger partial charge in [0.15, 0.2) is 0 Å². The third-order valence-corrected chi connectivity index (χ3v) is 4.21. The second kappa shape index (κ2) is 4.62. The number of methoxy groups -OCH3 is 1. The molecule has 0 heterocycles. The van der Waals surface area contributed by atoms with E-state index in [1.807, 2.05) is 32.0 Å². The van der Waals surface area contributed by atoms with Crippen molar-refractivity contribution in [2.24, 2.45) is 11.3 Å². The van der Waals surface area contributed by atoms with Crippen LogP contribution >= 0.6 is 0 Å². The number of hydrogen-bond donors (Lipinski definition) is 1. The third kappa shape index (κ3) is 1.97. The molecule has 1 aliphatic rings. The molecule has 96 valence electrons. The maximum Gasteiger partial charge on any atom is 0.119 e. The Morgan fingerprint density at radius 1 is 1.50 bits per heavy atom. The maximum absolute atomic E-state index is 10.5. The SMILES string of the molecule is COc1ccc2c(c1)C(O)C(C)(C)C(CC#N)C2. The van der Waals surface area contributed by atoms with Crippen molar-refractivity contribution in [1.29, 1.82) is 5.26 Å². The zero-order valence-corrected chi connectivity index (χ0v) is 11.1. The van der Waals surface area contributed by atoms with Crippen LogP contribution in [0.2, 0.25) is 0 Å². The van der Waals surface area contributed by atoms with Crippen LogP contribution in [0.5, 0.6) is 5.75 Å². The summed E-state index contributed by atoms with van der Waals surface area (Å²) in [6.07, 6.45) is 0.779. The van der Waals surface area contributed by atoms with E-state index >= 15 is 0 Å². The molecule has 0 bridgehead atoms. The van der Waals surface area contributed by atoms with Gasteiger partial charge in [-0.05, 0) is 41.0 Å². The van der Waals surface area contributed by atoms with Gasteiger partial charge in [0, 0.05) is 6.42 Å². The van der Waals surface area contributed by atoms with Gasteiger partial charge in [0.05, 0.1) is 19.3 Å². The van der Waals surface area contributed by atoms with E-state index in [1.165, 1.54) is 0 Å². The third-order valence-electron chi connectivity index (χ3n) is 4.21. The maximum atomic E-state index is 10.5. The first kappa shape index (κ1) is 12.9. The topological polar surface area (TPSA) is 53.2 Å². The van der Waals surface area contributed by atoms with Gasteiger partial charge in [-0.15, -0.1) is 0 Å². The fraction of sp³-hybridized carbons (Fsp3) is 0.533. The summed E-state index contributed by atoms with van der Waals surface area (Å²) in [5.74, 6) is 0.959. The summed E-state index contributed by atoms with van der Waals surface area (Å²) in [6, 6.07) is 8.05. The zero-order valence-electron chi connectivity index (χ0n) is 11.1. The Kier molecular flexibility index (Phi) is 3.32. The summed E-state index contributed by atoms with van der Waals surface area (Å²) in [5.41, 5.74) is 1.78. The molecule has 0 saturated heterocycles. The van der Waals surface area contributed by atoms with Crippen LogP contribution in [-0.2, 0) is 6.42 Å². The molecule has 0 saturated carbocycles. The predicted octanol–water partition coefficient (Wildman–Crippen LogP) is 2.84. The number of benzene rings is 1. The van der Waals surface area contributed by atoms with Gasteiger partial charge in [0.1, 0.15) is 5.75 Å². The van der Waals surface area contributed by atoms with Gasteiger partial charge in [-0.3, -0.25) is 0 Å². The highest BCUT2D eigenvalue weighted by atomic mass is 16.5. The minimum Gasteiger partial charge on any atom is -0.497 e. The van der Waals surface area contributed by atoms with Gasteiger partial charge in [-0.25, -0.2) is 0 Å². The molecular formula is C15H19NO2. The Bertz CT molecular complexity index is 488. The predicted molar refractivity (Wildman–Crippen MR) is 69.2 cm³/mol. The standard InChI is InChI=1S/C15H19NO2/c1-15(2)11(6-7-16)8-10-4-5-12(18-3)9-13(10)14(15)17/h4-5,9,11,14,17H,6,8H2,1-3H3. The zero-order chi connectivity index (χ0) is 13.3. The summed E-state index contributed by atoms with van der Waals surface area (Å²) in [7, 11) is 1.63. The Balaban J connectivity index is 2.44. The Hall–Kier alpha value is -1.53. The van der Waals surface area contributed by atoms with Crippen LogP contribution in [0.3, 0.4) is 0 Å². The van der Waals surface area contributed by atoms with E-state index in [9.17, 15) is 5.11 Å². The number of rotatable bonds is 2. The van der Waals surface area contributed by atoms with Crippen LogP contribution in [0.1, 0.15) is 37.5 Å². The first-order valence-electron chi connectivity index (χ1n) is 6.22. The number of hydrogen-bond acceptors (Lipinski definition) is 3. The normalized spacial score (nSPS) is 25.1. The summed E-state index contributed by atoms with van der Waals surface area (Å²) < 4.78 is 5.21. The van der Waals surface area contributed by atoms with Crippen molar-refractivity contribution >= 4 is 0 Å². The minimum atomic E-state index is -0.547. The van der Waals surface area contributed by atoms with Crippen molar-refractivity contribution in [3.05, 3.63) is 29.3 Å².